The van der Waals surface area contributed by atoms with E-state index in [2.05, 4.69) is 0 Å². The number of rotatable bonds is 5. The van der Waals surface area contributed by atoms with Crippen LogP contribution in [0, 0.1) is 0 Å². The molecule has 1 aromatic rings. The molecule has 1 atom stereocenters. The Labute approximate surface area is 85.5 Å². The van der Waals surface area contributed by atoms with Crippen LogP contribution in [0.1, 0.15) is 5.56 Å². The molecular weight excluding hydrogens is 182 g/mol. The first-order chi connectivity index (χ1) is 6.36. The average Bonchev–Trinajstić information content (AvgIpc) is 2.21. The summed E-state index contributed by atoms with van der Waals surface area (Å²) in [6.45, 7) is 0.579. The van der Waals surface area contributed by atoms with Crippen LogP contribution in [-0.2, 0) is 11.3 Å². The van der Waals surface area contributed by atoms with Crippen LogP contribution >= 0.6 is 11.6 Å². The molecule has 0 saturated carbocycles. The lowest BCUT2D eigenvalue weighted by atomic mass is 10.0. The lowest BCUT2D eigenvalue weighted by Gasteiger charge is -2.12. The van der Waals surface area contributed by atoms with Gasteiger partial charge in [-0.2, -0.15) is 0 Å². The number of hydrogen-bond acceptors (Lipinski definition) is 1. The van der Waals surface area contributed by atoms with Crippen LogP contribution in [0.25, 0.3) is 0 Å². The summed E-state index contributed by atoms with van der Waals surface area (Å²) < 4.78 is 5.47. The quantitative estimate of drug-likeness (QED) is 0.517. The lowest BCUT2D eigenvalue weighted by molar-refractivity contribution is 0.0683. The maximum Gasteiger partial charge on any atom is 0.0720 e. The molecule has 1 unspecified atom stereocenters. The van der Waals surface area contributed by atoms with Gasteiger partial charge in [-0.15, -0.1) is 11.6 Å². The highest BCUT2D eigenvalue weighted by molar-refractivity contribution is 6.19. The maximum absolute atomic E-state index is 5.63. The number of halogens is 1. The summed E-state index contributed by atoms with van der Waals surface area (Å²) in [4.78, 5) is 0. The molecule has 0 spiro atoms. The number of benzene rings is 1. The van der Waals surface area contributed by atoms with Gasteiger partial charge in [0.25, 0.3) is 0 Å². The van der Waals surface area contributed by atoms with Gasteiger partial charge >= 0.3 is 0 Å². The van der Waals surface area contributed by atoms with Crippen molar-refractivity contribution in [3.05, 3.63) is 35.9 Å². The van der Waals surface area contributed by atoms with Crippen LogP contribution in [0.5, 0.6) is 0 Å². The van der Waals surface area contributed by atoms with E-state index in [1.807, 2.05) is 30.3 Å². The monoisotopic (exact) mass is 194 g/mol. The number of ether oxygens (including phenoxy) is 1. The molecule has 0 aliphatic carbocycles. The van der Waals surface area contributed by atoms with Crippen molar-refractivity contribution in [1.29, 1.82) is 0 Å². The van der Waals surface area contributed by atoms with Crippen molar-refractivity contribution in [2.75, 3.05) is 5.88 Å². The minimum absolute atomic E-state index is 0.0399. The van der Waals surface area contributed by atoms with Crippen LogP contribution in [0.15, 0.2) is 30.3 Å². The van der Waals surface area contributed by atoms with Crippen molar-refractivity contribution in [2.45, 2.75) is 19.0 Å². The Morgan fingerprint density at radius 1 is 1.31 bits per heavy atom. The Morgan fingerprint density at radius 2 is 2.00 bits per heavy atom. The first kappa shape index (κ1) is 10.6. The SMILES string of the molecule is [B]CC(CCl)OCc1ccccc1. The summed E-state index contributed by atoms with van der Waals surface area (Å²) >= 11 is 5.63. The summed E-state index contributed by atoms with van der Waals surface area (Å²) in [6.07, 6.45) is 0.429. The van der Waals surface area contributed by atoms with E-state index in [0.717, 1.165) is 5.56 Å². The van der Waals surface area contributed by atoms with Gasteiger partial charge in [-0.3, -0.25) is 0 Å². The molecule has 0 N–H and O–H groups in total. The van der Waals surface area contributed by atoms with Crippen LogP contribution in [0.4, 0.5) is 0 Å². The maximum atomic E-state index is 5.63. The fourth-order valence-electron chi connectivity index (χ4n) is 0.964. The Hall–Kier alpha value is -0.465. The summed E-state index contributed by atoms with van der Waals surface area (Å²) in [5.41, 5.74) is 1.14. The minimum atomic E-state index is -0.0399. The van der Waals surface area contributed by atoms with Crippen LogP contribution in [0.2, 0.25) is 6.32 Å². The molecule has 0 heterocycles. The molecule has 0 bridgehead atoms. The third-order valence-corrected chi connectivity index (χ3v) is 2.11. The highest BCUT2D eigenvalue weighted by Crippen LogP contribution is 2.06. The van der Waals surface area contributed by atoms with Gasteiger partial charge in [0.2, 0.25) is 0 Å². The predicted molar refractivity (Wildman–Crippen MR) is 56.3 cm³/mol. The van der Waals surface area contributed by atoms with Crippen molar-refractivity contribution in [2.24, 2.45) is 0 Å². The minimum Gasteiger partial charge on any atom is -0.373 e. The normalized spacial score (nSPS) is 12.7. The Bertz CT molecular complexity index is 224. The van der Waals surface area contributed by atoms with E-state index in [-0.39, 0.29) is 6.10 Å². The summed E-state index contributed by atoms with van der Waals surface area (Å²) in [5, 5.41) is 0. The molecular formula is C10H12BClO. The Balaban J connectivity index is 2.34. The molecule has 3 heteroatoms. The van der Waals surface area contributed by atoms with Gasteiger partial charge in [0.1, 0.15) is 0 Å². The molecule has 0 aliphatic heterocycles. The van der Waals surface area contributed by atoms with Crippen molar-refractivity contribution in [3.8, 4) is 0 Å². The van der Waals surface area contributed by atoms with Crippen LogP contribution in [0.3, 0.4) is 0 Å². The largest absolute Gasteiger partial charge is 0.373 e. The molecule has 13 heavy (non-hydrogen) atoms. The van der Waals surface area contributed by atoms with Gasteiger partial charge in [-0.25, -0.2) is 0 Å². The smallest absolute Gasteiger partial charge is 0.0720 e. The molecule has 0 amide bonds. The van der Waals surface area contributed by atoms with Gasteiger partial charge in [0, 0.05) is 5.88 Å². The second-order valence-electron chi connectivity index (χ2n) is 2.81. The first-order valence-electron chi connectivity index (χ1n) is 4.28. The highest BCUT2D eigenvalue weighted by Gasteiger charge is 2.03. The third kappa shape index (κ3) is 3.84. The standard InChI is InChI=1S/C10H12BClO/c11-6-10(7-12)13-8-9-4-2-1-3-5-9/h1-5,10H,6-8H2. The second kappa shape index (κ2) is 6.06. The van der Waals surface area contributed by atoms with Gasteiger partial charge < -0.3 is 4.74 Å². The zero-order valence-corrected chi connectivity index (χ0v) is 8.20. The molecule has 0 aromatic heterocycles. The van der Waals surface area contributed by atoms with Crippen molar-refractivity contribution in [1.82, 2.24) is 0 Å². The number of hydrogen-bond donors (Lipinski definition) is 0. The summed E-state index contributed by atoms with van der Waals surface area (Å²) in [5.74, 6) is 0.448. The van der Waals surface area contributed by atoms with Crippen molar-refractivity contribution >= 4 is 19.4 Å². The zero-order chi connectivity index (χ0) is 9.52. The van der Waals surface area contributed by atoms with Crippen molar-refractivity contribution < 1.29 is 4.74 Å². The average molecular weight is 194 g/mol. The van der Waals surface area contributed by atoms with E-state index in [1.54, 1.807) is 0 Å². The van der Waals surface area contributed by atoms with E-state index in [4.69, 9.17) is 24.2 Å². The van der Waals surface area contributed by atoms with E-state index < -0.39 is 0 Å². The van der Waals surface area contributed by atoms with Crippen LogP contribution < -0.4 is 0 Å². The number of alkyl halides is 1. The highest BCUT2D eigenvalue weighted by atomic mass is 35.5. The van der Waals surface area contributed by atoms with Gasteiger partial charge in [-0.05, 0) is 5.56 Å². The molecule has 0 aliphatic rings. The zero-order valence-electron chi connectivity index (χ0n) is 7.45. The molecule has 0 saturated heterocycles. The van der Waals surface area contributed by atoms with E-state index >= 15 is 0 Å². The summed E-state index contributed by atoms with van der Waals surface area (Å²) in [7, 11) is 5.44. The van der Waals surface area contributed by atoms with Crippen LogP contribution in [-0.4, -0.2) is 19.8 Å². The predicted octanol–water partition coefficient (Wildman–Crippen LogP) is 2.40. The molecule has 2 radical (unpaired) electrons. The van der Waals surface area contributed by atoms with E-state index in [1.165, 1.54) is 0 Å². The van der Waals surface area contributed by atoms with Gasteiger partial charge in [0.05, 0.1) is 20.6 Å². The van der Waals surface area contributed by atoms with E-state index in [0.29, 0.717) is 18.8 Å². The fraction of sp³-hybridized carbons (Fsp3) is 0.400. The van der Waals surface area contributed by atoms with Gasteiger partial charge in [0.15, 0.2) is 0 Å². The Kier molecular flexibility index (Phi) is 4.95. The van der Waals surface area contributed by atoms with E-state index in [9.17, 15) is 0 Å². The molecule has 68 valence electrons. The molecule has 1 rings (SSSR count). The molecule has 0 fully saturated rings. The lowest BCUT2D eigenvalue weighted by Crippen LogP contribution is -2.13. The topological polar surface area (TPSA) is 9.23 Å². The van der Waals surface area contributed by atoms with Crippen molar-refractivity contribution in [3.63, 3.8) is 0 Å². The Morgan fingerprint density at radius 3 is 2.54 bits per heavy atom. The first-order valence-corrected chi connectivity index (χ1v) is 4.82. The van der Waals surface area contributed by atoms with Gasteiger partial charge in [-0.1, -0.05) is 36.7 Å². The third-order valence-electron chi connectivity index (χ3n) is 1.76. The molecule has 1 aromatic carbocycles. The second-order valence-corrected chi connectivity index (χ2v) is 3.12. The molecule has 1 nitrogen and oxygen atoms in total. The fourth-order valence-corrected chi connectivity index (χ4v) is 1.18. The summed E-state index contributed by atoms with van der Waals surface area (Å²) in [6, 6.07) is 9.97.